The average Bonchev–Trinajstić information content (AvgIpc) is 3.03. The molecule has 3 heterocycles. The Balaban J connectivity index is 1.78. The summed E-state index contributed by atoms with van der Waals surface area (Å²) in [5, 5.41) is 22.4. The van der Waals surface area contributed by atoms with Gasteiger partial charge in [0.1, 0.15) is 17.4 Å². The lowest BCUT2D eigenvalue weighted by Gasteiger charge is -2.21. The number of rotatable bonds is 5. The first kappa shape index (κ1) is 16.1. The lowest BCUT2D eigenvalue weighted by molar-refractivity contribution is 0.0699. The molecule has 24 heavy (non-hydrogen) atoms. The van der Waals surface area contributed by atoms with Crippen molar-refractivity contribution in [3.8, 4) is 0 Å². The van der Waals surface area contributed by atoms with Crippen LogP contribution in [0.1, 0.15) is 27.7 Å². The van der Waals surface area contributed by atoms with Crippen molar-refractivity contribution in [1.29, 1.82) is 0 Å². The van der Waals surface area contributed by atoms with Gasteiger partial charge in [-0.1, -0.05) is 6.07 Å². The maximum Gasteiger partial charge on any atom is 0.271 e. The summed E-state index contributed by atoms with van der Waals surface area (Å²) in [6, 6.07) is 6.29. The number of pyridine rings is 2. The molecule has 0 saturated heterocycles. The molecular formula is C17H18N4O3. The highest BCUT2D eigenvalue weighted by Crippen LogP contribution is 2.16. The number of aliphatic hydroxyl groups is 2. The molecule has 124 valence electrons. The van der Waals surface area contributed by atoms with E-state index < -0.39 is 24.7 Å². The minimum Gasteiger partial charge on any atom is -0.394 e. The van der Waals surface area contributed by atoms with Crippen molar-refractivity contribution in [3.63, 3.8) is 0 Å². The molecule has 0 bridgehead atoms. The van der Waals surface area contributed by atoms with Gasteiger partial charge in [-0.15, -0.1) is 0 Å². The van der Waals surface area contributed by atoms with E-state index in [9.17, 15) is 15.0 Å². The molecule has 0 aliphatic carbocycles. The number of aryl methyl sites for hydroxylation is 1. The van der Waals surface area contributed by atoms with Gasteiger partial charge in [0, 0.05) is 30.4 Å². The Kier molecular flexibility index (Phi) is 4.54. The van der Waals surface area contributed by atoms with Crippen LogP contribution in [0.3, 0.4) is 0 Å². The fourth-order valence-electron chi connectivity index (χ4n) is 2.44. The van der Waals surface area contributed by atoms with Crippen molar-refractivity contribution in [1.82, 2.24) is 19.7 Å². The Morgan fingerprint density at radius 3 is 2.96 bits per heavy atom. The zero-order valence-corrected chi connectivity index (χ0v) is 13.1. The topological polar surface area (TPSA) is 99.8 Å². The number of nitrogens with zero attached hydrogens (tertiary/aromatic N) is 3. The molecule has 0 aliphatic heterocycles. The molecule has 7 nitrogen and oxygen atoms in total. The van der Waals surface area contributed by atoms with E-state index in [1.807, 2.05) is 25.3 Å². The zero-order valence-electron chi connectivity index (χ0n) is 13.1. The fourth-order valence-corrected chi connectivity index (χ4v) is 2.44. The molecule has 2 atom stereocenters. The molecule has 1 amide bonds. The second kappa shape index (κ2) is 6.77. The van der Waals surface area contributed by atoms with E-state index in [1.54, 1.807) is 28.9 Å². The number of nitrogens with one attached hydrogen (secondary N) is 1. The van der Waals surface area contributed by atoms with Crippen molar-refractivity contribution in [2.75, 3.05) is 6.61 Å². The Bertz CT molecular complexity index is 847. The molecule has 0 fully saturated rings. The number of imidazole rings is 1. The van der Waals surface area contributed by atoms with E-state index >= 15 is 0 Å². The van der Waals surface area contributed by atoms with Crippen molar-refractivity contribution >= 4 is 11.6 Å². The third-order valence-electron chi connectivity index (χ3n) is 3.77. The van der Waals surface area contributed by atoms with Crippen LogP contribution in [-0.2, 0) is 0 Å². The Labute approximate surface area is 138 Å². The van der Waals surface area contributed by atoms with E-state index in [2.05, 4.69) is 15.3 Å². The zero-order chi connectivity index (χ0) is 17.1. The monoisotopic (exact) mass is 326 g/mol. The number of fused-ring (bicyclic) bond motifs is 1. The molecule has 3 aromatic heterocycles. The van der Waals surface area contributed by atoms with Crippen molar-refractivity contribution in [2.24, 2.45) is 0 Å². The molecular weight excluding hydrogens is 308 g/mol. The molecule has 2 unspecified atom stereocenters. The standard InChI is InChI=1S/C17H18N4O3/c1-11-4-6-21-9-13(19-15(21)7-11)17(24)20-14(10-22)16(23)12-3-2-5-18-8-12/h2-9,14,16,22-23H,10H2,1H3,(H,20,24). The predicted molar refractivity (Wildman–Crippen MR) is 87.5 cm³/mol. The number of hydrogen-bond donors (Lipinski definition) is 3. The van der Waals surface area contributed by atoms with Crippen molar-refractivity contribution in [3.05, 3.63) is 65.9 Å². The van der Waals surface area contributed by atoms with Crippen LogP contribution in [0, 0.1) is 6.92 Å². The van der Waals surface area contributed by atoms with Crippen LogP contribution in [0.5, 0.6) is 0 Å². The summed E-state index contributed by atoms with van der Waals surface area (Å²) < 4.78 is 1.74. The summed E-state index contributed by atoms with van der Waals surface area (Å²) in [6.45, 7) is 1.54. The van der Waals surface area contributed by atoms with Crippen LogP contribution in [0.4, 0.5) is 0 Å². The molecule has 3 aromatic rings. The van der Waals surface area contributed by atoms with Crippen LogP contribution < -0.4 is 5.32 Å². The molecule has 7 heteroatoms. The van der Waals surface area contributed by atoms with Crippen LogP contribution in [0.25, 0.3) is 5.65 Å². The number of hydrogen-bond acceptors (Lipinski definition) is 5. The van der Waals surface area contributed by atoms with E-state index in [-0.39, 0.29) is 5.69 Å². The van der Waals surface area contributed by atoms with Gasteiger partial charge in [0.15, 0.2) is 0 Å². The SMILES string of the molecule is Cc1ccn2cc(C(=O)NC(CO)C(O)c3cccnc3)nc2c1. The number of carbonyl (C=O) groups excluding carboxylic acids is 1. The second-order valence-corrected chi connectivity index (χ2v) is 5.59. The van der Waals surface area contributed by atoms with Gasteiger partial charge in [-0.3, -0.25) is 9.78 Å². The Morgan fingerprint density at radius 2 is 2.25 bits per heavy atom. The number of carbonyl (C=O) groups is 1. The summed E-state index contributed by atoms with van der Waals surface area (Å²) in [6.07, 6.45) is 5.44. The third kappa shape index (κ3) is 3.27. The van der Waals surface area contributed by atoms with Crippen LogP contribution in [0.15, 0.2) is 49.1 Å². The summed E-state index contributed by atoms with van der Waals surface area (Å²) in [5.41, 5.74) is 2.44. The van der Waals surface area contributed by atoms with E-state index in [4.69, 9.17) is 0 Å². The van der Waals surface area contributed by atoms with Crippen LogP contribution in [-0.4, -0.2) is 43.1 Å². The predicted octanol–water partition coefficient (Wildman–Crippen LogP) is 0.862. The Hall–Kier alpha value is -2.77. The first-order valence-electron chi connectivity index (χ1n) is 7.53. The minimum atomic E-state index is -1.06. The first-order valence-corrected chi connectivity index (χ1v) is 7.53. The highest BCUT2D eigenvalue weighted by atomic mass is 16.3. The van der Waals surface area contributed by atoms with E-state index in [0.29, 0.717) is 11.2 Å². The van der Waals surface area contributed by atoms with Gasteiger partial charge >= 0.3 is 0 Å². The second-order valence-electron chi connectivity index (χ2n) is 5.59. The van der Waals surface area contributed by atoms with Crippen LogP contribution >= 0.6 is 0 Å². The maximum atomic E-state index is 12.4. The molecule has 0 spiro atoms. The lowest BCUT2D eigenvalue weighted by Crippen LogP contribution is -2.42. The molecule has 0 aliphatic rings. The quantitative estimate of drug-likeness (QED) is 0.646. The number of amides is 1. The number of aliphatic hydroxyl groups excluding tert-OH is 2. The highest BCUT2D eigenvalue weighted by molar-refractivity contribution is 5.93. The average molecular weight is 326 g/mol. The van der Waals surface area contributed by atoms with Gasteiger partial charge in [0.2, 0.25) is 0 Å². The summed E-state index contributed by atoms with van der Waals surface area (Å²) >= 11 is 0. The van der Waals surface area contributed by atoms with Crippen LogP contribution in [0.2, 0.25) is 0 Å². The molecule has 0 aromatic carbocycles. The maximum absolute atomic E-state index is 12.4. The molecule has 0 saturated carbocycles. The summed E-state index contributed by atoms with van der Waals surface area (Å²) in [5.74, 6) is -0.460. The van der Waals surface area contributed by atoms with Crippen molar-refractivity contribution < 1.29 is 15.0 Å². The molecule has 0 radical (unpaired) electrons. The van der Waals surface area contributed by atoms with Gasteiger partial charge in [-0.05, 0) is 30.7 Å². The van der Waals surface area contributed by atoms with E-state index in [1.165, 1.54) is 6.20 Å². The van der Waals surface area contributed by atoms with Gasteiger partial charge in [-0.25, -0.2) is 4.98 Å². The summed E-state index contributed by atoms with van der Waals surface area (Å²) in [4.78, 5) is 20.6. The summed E-state index contributed by atoms with van der Waals surface area (Å²) in [7, 11) is 0. The lowest BCUT2D eigenvalue weighted by atomic mass is 10.0. The first-order chi connectivity index (χ1) is 11.6. The fraction of sp³-hybridized carbons (Fsp3) is 0.235. The smallest absolute Gasteiger partial charge is 0.271 e. The van der Waals surface area contributed by atoms with Gasteiger partial charge in [0.05, 0.1) is 12.6 Å². The molecule has 3 N–H and O–H groups in total. The minimum absolute atomic E-state index is 0.220. The van der Waals surface area contributed by atoms with E-state index in [0.717, 1.165) is 5.56 Å². The van der Waals surface area contributed by atoms with Crippen molar-refractivity contribution in [2.45, 2.75) is 19.1 Å². The van der Waals surface area contributed by atoms with Gasteiger partial charge in [0.25, 0.3) is 5.91 Å². The third-order valence-corrected chi connectivity index (χ3v) is 3.77. The normalized spacial score (nSPS) is 13.6. The largest absolute Gasteiger partial charge is 0.394 e. The number of aromatic nitrogens is 3. The molecule has 3 rings (SSSR count). The highest BCUT2D eigenvalue weighted by Gasteiger charge is 2.24. The van der Waals surface area contributed by atoms with Gasteiger partial charge < -0.3 is 19.9 Å². The Morgan fingerprint density at radius 1 is 1.42 bits per heavy atom. The van der Waals surface area contributed by atoms with Gasteiger partial charge in [-0.2, -0.15) is 0 Å².